The number of carbonyl (C=O) groups excluding carboxylic acids is 1. The van der Waals surface area contributed by atoms with Crippen LogP contribution in [-0.4, -0.2) is 30.4 Å². The van der Waals surface area contributed by atoms with Gasteiger partial charge in [0, 0.05) is 5.69 Å². The second-order valence-electron chi connectivity index (χ2n) is 4.49. The van der Waals surface area contributed by atoms with Crippen molar-refractivity contribution in [1.82, 2.24) is 4.90 Å². The van der Waals surface area contributed by atoms with E-state index in [0.717, 1.165) is 31.5 Å². The lowest BCUT2D eigenvalue weighted by Crippen LogP contribution is -2.31. The molecule has 1 amide bonds. The first kappa shape index (κ1) is 12.0. The van der Waals surface area contributed by atoms with Crippen LogP contribution in [0.4, 0.5) is 10.1 Å². The first-order valence-electron chi connectivity index (χ1n) is 5.93. The third-order valence-corrected chi connectivity index (χ3v) is 3.04. The number of hydrogen-bond acceptors (Lipinski definition) is 2. The van der Waals surface area contributed by atoms with Crippen LogP contribution in [0.3, 0.4) is 0 Å². The molecule has 3 nitrogen and oxygen atoms in total. The second kappa shape index (κ2) is 5.27. The summed E-state index contributed by atoms with van der Waals surface area (Å²) < 4.78 is 13.0. The molecule has 0 spiro atoms. The van der Waals surface area contributed by atoms with Crippen molar-refractivity contribution in [2.24, 2.45) is 0 Å². The molecule has 0 aliphatic carbocycles. The number of nitrogens with zero attached hydrogens (tertiary/aromatic N) is 1. The summed E-state index contributed by atoms with van der Waals surface area (Å²) >= 11 is 0. The van der Waals surface area contributed by atoms with Gasteiger partial charge in [0.15, 0.2) is 0 Å². The summed E-state index contributed by atoms with van der Waals surface area (Å²) in [6.07, 6.45) is 2.32. The molecular weight excluding hydrogens is 219 g/mol. The summed E-state index contributed by atoms with van der Waals surface area (Å²) in [6.45, 7) is 4.21. The van der Waals surface area contributed by atoms with Crippen LogP contribution < -0.4 is 5.32 Å². The molecule has 0 bridgehead atoms. The highest BCUT2D eigenvalue weighted by atomic mass is 19.1. The van der Waals surface area contributed by atoms with E-state index in [-0.39, 0.29) is 11.7 Å². The van der Waals surface area contributed by atoms with Crippen LogP contribution in [0.1, 0.15) is 18.4 Å². The summed E-state index contributed by atoms with van der Waals surface area (Å²) in [5.74, 6) is -0.396. The largest absolute Gasteiger partial charge is 0.325 e. The number of anilines is 1. The van der Waals surface area contributed by atoms with Crippen LogP contribution in [-0.2, 0) is 4.79 Å². The van der Waals surface area contributed by atoms with Crippen LogP contribution in [0.15, 0.2) is 18.2 Å². The molecule has 1 aliphatic rings. The molecule has 1 aliphatic heterocycles. The SMILES string of the molecule is Cc1ccc(F)cc1NC(=O)CN1CCCC1. The number of carbonyl (C=O) groups is 1. The first-order valence-corrected chi connectivity index (χ1v) is 5.93. The lowest BCUT2D eigenvalue weighted by molar-refractivity contribution is -0.117. The van der Waals surface area contributed by atoms with Crippen molar-refractivity contribution in [2.45, 2.75) is 19.8 Å². The van der Waals surface area contributed by atoms with Crippen molar-refractivity contribution in [3.63, 3.8) is 0 Å². The van der Waals surface area contributed by atoms with Gasteiger partial charge in [-0.2, -0.15) is 0 Å². The molecule has 17 heavy (non-hydrogen) atoms. The quantitative estimate of drug-likeness (QED) is 0.872. The van der Waals surface area contributed by atoms with Gasteiger partial charge < -0.3 is 5.32 Å². The third kappa shape index (κ3) is 3.27. The van der Waals surface area contributed by atoms with E-state index in [1.807, 2.05) is 6.92 Å². The highest BCUT2D eigenvalue weighted by Crippen LogP contribution is 2.16. The average molecular weight is 236 g/mol. The van der Waals surface area contributed by atoms with Crippen molar-refractivity contribution < 1.29 is 9.18 Å². The zero-order chi connectivity index (χ0) is 12.3. The Morgan fingerprint density at radius 3 is 2.82 bits per heavy atom. The van der Waals surface area contributed by atoms with Crippen LogP contribution >= 0.6 is 0 Å². The predicted molar refractivity (Wildman–Crippen MR) is 65.4 cm³/mol. The summed E-state index contributed by atoms with van der Waals surface area (Å²) in [5.41, 5.74) is 1.44. The minimum atomic E-state index is -0.327. The summed E-state index contributed by atoms with van der Waals surface area (Å²) in [4.78, 5) is 13.9. The topological polar surface area (TPSA) is 32.3 Å². The maximum absolute atomic E-state index is 13.0. The molecule has 0 unspecified atom stereocenters. The molecule has 1 aromatic rings. The number of nitrogens with one attached hydrogen (secondary N) is 1. The van der Waals surface area contributed by atoms with Crippen molar-refractivity contribution in [1.29, 1.82) is 0 Å². The van der Waals surface area contributed by atoms with Crippen molar-refractivity contribution >= 4 is 11.6 Å². The molecule has 1 N–H and O–H groups in total. The molecule has 4 heteroatoms. The van der Waals surface area contributed by atoms with E-state index in [0.29, 0.717) is 12.2 Å². The number of hydrogen-bond donors (Lipinski definition) is 1. The molecule has 92 valence electrons. The van der Waals surface area contributed by atoms with Gasteiger partial charge in [0.2, 0.25) is 5.91 Å². The molecule has 2 rings (SSSR count). The maximum Gasteiger partial charge on any atom is 0.238 e. The number of halogens is 1. The molecule has 1 heterocycles. The third-order valence-electron chi connectivity index (χ3n) is 3.04. The smallest absolute Gasteiger partial charge is 0.238 e. The predicted octanol–water partition coefficient (Wildman–Crippen LogP) is 2.17. The van der Waals surface area contributed by atoms with Crippen molar-refractivity contribution in [3.8, 4) is 0 Å². The summed E-state index contributed by atoms with van der Waals surface area (Å²) in [5, 5.41) is 2.76. The van der Waals surface area contributed by atoms with Crippen molar-refractivity contribution in [3.05, 3.63) is 29.6 Å². The van der Waals surface area contributed by atoms with Crippen LogP contribution in [0.5, 0.6) is 0 Å². The lowest BCUT2D eigenvalue weighted by Gasteiger charge is -2.15. The van der Waals surface area contributed by atoms with Crippen LogP contribution in [0.2, 0.25) is 0 Å². The molecule has 1 aromatic carbocycles. The van der Waals surface area contributed by atoms with Gasteiger partial charge in [0.25, 0.3) is 0 Å². The molecule has 1 saturated heterocycles. The first-order chi connectivity index (χ1) is 8.15. The average Bonchev–Trinajstić information content (AvgIpc) is 2.76. The maximum atomic E-state index is 13.0. The summed E-state index contributed by atoms with van der Waals surface area (Å²) in [7, 11) is 0. The van der Waals surface area contributed by atoms with E-state index >= 15 is 0 Å². The van der Waals surface area contributed by atoms with Gasteiger partial charge in [-0.25, -0.2) is 4.39 Å². The Balaban J connectivity index is 1.95. The minimum Gasteiger partial charge on any atom is -0.325 e. The minimum absolute atomic E-state index is 0.0689. The lowest BCUT2D eigenvalue weighted by atomic mass is 10.2. The molecule has 0 aromatic heterocycles. The summed E-state index contributed by atoms with van der Waals surface area (Å²) in [6, 6.07) is 4.42. The van der Waals surface area contributed by atoms with Crippen molar-refractivity contribution in [2.75, 3.05) is 25.0 Å². The molecule has 1 fully saturated rings. The fraction of sp³-hybridized carbons (Fsp3) is 0.462. The van der Waals surface area contributed by atoms with E-state index in [2.05, 4.69) is 10.2 Å². The molecule has 0 atom stereocenters. The van der Waals surface area contributed by atoms with Gasteiger partial charge in [-0.15, -0.1) is 0 Å². The monoisotopic (exact) mass is 236 g/mol. The van der Waals surface area contributed by atoms with E-state index in [1.165, 1.54) is 12.1 Å². The van der Waals surface area contributed by atoms with Crippen LogP contribution in [0, 0.1) is 12.7 Å². The van der Waals surface area contributed by atoms with E-state index in [1.54, 1.807) is 6.07 Å². The fourth-order valence-electron chi connectivity index (χ4n) is 2.06. The number of benzene rings is 1. The van der Waals surface area contributed by atoms with E-state index in [9.17, 15) is 9.18 Å². The molecule has 0 saturated carbocycles. The Morgan fingerprint density at radius 1 is 1.41 bits per heavy atom. The standard InChI is InChI=1S/C13H17FN2O/c1-10-4-5-11(14)8-12(10)15-13(17)9-16-6-2-3-7-16/h4-5,8H,2-3,6-7,9H2,1H3,(H,15,17). The van der Waals surface area contributed by atoms with Crippen LogP contribution in [0.25, 0.3) is 0 Å². The Bertz CT molecular complexity index is 414. The number of aryl methyl sites for hydroxylation is 1. The number of amides is 1. The van der Waals surface area contributed by atoms with Gasteiger partial charge in [-0.05, 0) is 50.6 Å². The Kier molecular flexibility index (Phi) is 3.74. The van der Waals surface area contributed by atoms with Gasteiger partial charge >= 0.3 is 0 Å². The molecule has 0 radical (unpaired) electrons. The normalized spacial score (nSPS) is 16.1. The highest BCUT2D eigenvalue weighted by Gasteiger charge is 2.15. The number of rotatable bonds is 3. The van der Waals surface area contributed by atoms with E-state index < -0.39 is 0 Å². The zero-order valence-corrected chi connectivity index (χ0v) is 10.0. The Morgan fingerprint density at radius 2 is 2.12 bits per heavy atom. The van der Waals surface area contributed by atoms with Gasteiger partial charge in [0.05, 0.1) is 6.54 Å². The molecular formula is C13H17FN2O. The van der Waals surface area contributed by atoms with E-state index in [4.69, 9.17) is 0 Å². The second-order valence-corrected chi connectivity index (χ2v) is 4.49. The van der Waals surface area contributed by atoms with Gasteiger partial charge in [-0.1, -0.05) is 6.07 Å². The number of likely N-dealkylation sites (tertiary alicyclic amines) is 1. The highest BCUT2D eigenvalue weighted by molar-refractivity contribution is 5.92. The van der Waals surface area contributed by atoms with Gasteiger partial charge in [0.1, 0.15) is 5.82 Å². The Hall–Kier alpha value is -1.42. The zero-order valence-electron chi connectivity index (χ0n) is 10.0. The van der Waals surface area contributed by atoms with Gasteiger partial charge in [-0.3, -0.25) is 9.69 Å². The Labute approximate surface area is 101 Å². The fourth-order valence-corrected chi connectivity index (χ4v) is 2.06.